The smallest absolute Gasteiger partial charge is 0.234 e. The summed E-state index contributed by atoms with van der Waals surface area (Å²) in [4.78, 5) is 18.0. The number of nitrogens with zero attached hydrogens (tertiary/aromatic N) is 1. The fourth-order valence-corrected chi connectivity index (χ4v) is 5.01. The zero-order chi connectivity index (χ0) is 22.2. The van der Waals surface area contributed by atoms with Crippen molar-refractivity contribution in [1.29, 1.82) is 0 Å². The molecule has 0 spiro atoms. The van der Waals surface area contributed by atoms with E-state index in [0.717, 1.165) is 23.7 Å². The molecular weight excluding hydrogens is 410 g/mol. The van der Waals surface area contributed by atoms with E-state index in [2.05, 4.69) is 21.3 Å². The van der Waals surface area contributed by atoms with Crippen molar-refractivity contribution in [3.63, 3.8) is 0 Å². The molecule has 1 aliphatic heterocycles. The van der Waals surface area contributed by atoms with E-state index in [1.807, 2.05) is 36.4 Å². The number of fused-ring (bicyclic) bond motifs is 1. The molecule has 3 unspecified atom stereocenters. The summed E-state index contributed by atoms with van der Waals surface area (Å²) < 4.78 is 0. The highest BCUT2D eigenvalue weighted by Crippen LogP contribution is 2.30. The molecule has 3 fully saturated rings. The molecule has 5 rings (SSSR count). The lowest BCUT2D eigenvalue weighted by Crippen LogP contribution is -2.71. The average Bonchev–Trinajstić information content (AvgIpc) is 3.03. The number of carbonyl (C=O) groups excluding carboxylic acids is 1. The number of amides is 1. The van der Waals surface area contributed by atoms with Gasteiger partial charge in [-0.2, -0.15) is 0 Å². The van der Waals surface area contributed by atoms with Crippen molar-refractivity contribution in [3.05, 3.63) is 42.1 Å². The largest absolute Gasteiger partial charge is 0.396 e. The summed E-state index contributed by atoms with van der Waals surface area (Å²) in [7, 11) is 0. The number of nitrogens with one attached hydrogen (secondary N) is 4. The summed E-state index contributed by atoms with van der Waals surface area (Å²) in [6, 6.07) is 11.5. The normalized spacial score (nSPS) is 35.6. The molecule has 172 valence electrons. The van der Waals surface area contributed by atoms with Crippen LogP contribution >= 0.6 is 0 Å². The molecular formula is C23H31N5O4. The van der Waals surface area contributed by atoms with E-state index in [1.165, 1.54) is 6.42 Å². The van der Waals surface area contributed by atoms with Gasteiger partial charge in [-0.1, -0.05) is 30.7 Å². The number of pyridine rings is 1. The van der Waals surface area contributed by atoms with Crippen LogP contribution in [0.25, 0.3) is 10.9 Å². The van der Waals surface area contributed by atoms with Gasteiger partial charge in [-0.25, -0.2) is 0 Å². The van der Waals surface area contributed by atoms with Crippen LogP contribution in [0.2, 0.25) is 0 Å². The highest BCUT2D eigenvalue weighted by atomic mass is 16.3. The number of para-hydroxylation sites is 1. The Morgan fingerprint density at radius 1 is 1.06 bits per heavy atom. The van der Waals surface area contributed by atoms with Crippen LogP contribution in [0.3, 0.4) is 0 Å². The molecule has 2 aliphatic carbocycles. The van der Waals surface area contributed by atoms with Crippen LogP contribution in [0.15, 0.2) is 36.4 Å². The Balaban J connectivity index is 1.41. The van der Waals surface area contributed by atoms with Crippen LogP contribution in [0.1, 0.15) is 37.3 Å². The fourth-order valence-electron chi connectivity index (χ4n) is 5.01. The molecule has 9 heteroatoms. The average molecular weight is 442 g/mol. The number of hydrogen-bond acceptors (Lipinski definition) is 8. The quantitative estimate of drug-likeness (QED) is 0.318. The summed E-state index contributed by atoms with van der Waals surface area (Å²) in [5.74, 6) is -1.19. The van der Waals surface area contributed by atoms with Crippen LogP contribution < -0.4 is 21.3 Å². The molecule has 7 N–H and O–H groups in total. The molecule has 9 nitrogen and oxygen atoms in total. The predicted octanol–water partition coefficient (Wildman–Crippen LogP) is -0.518. The Morgan fingerprint density at radius 2 is 1.88 bits per heavy atom. The number of aliphatic hydroxyl groups is 3. The number of hydrogen-bond donors (Lipinski definition) is 7. The van der Waals surface area contributed by atoms with Gasteiger partial charge in [0.05, 0.1) is 29.6 Å². The number of aliphatic hydroxyl groups excluding tert-OH is 3. The number of aromatic nitrogens is 1. The van der Waals surface area contributed by atoms with Crippen molar-refractivity contribution < 1.29 is 20.1 Å². The summed E-state index contributed by atoms with van der Waals surface area (Å²) in [6.07, 6.45) is 0.799. The van der Waals surface area contributed by atoms with Gasteiger partial charge in [0, 0.05) is 30.0 Å². The maximum Gasteiger partial charge on any atom is 0.234 e. The highest BCUT2D eigenvalue weighted by Gasteiger charge is 2.45. The van der Waals surface area contributed by atoms with Crippen molar-refractivity contribution in [2.24, 2.45) is 5.92 Å². The molecule has 1 aromatic heterocycles. The summed E-state index contributed by atoms with van der Waals surface area (Å²) in [6.45, 7) is -0.198. The monoisotopic (exact) mass is 441 g/mol. The lowest BCUT2D eigenvalue weighted by molar-refractivity contribution is -0.127. The zero-order valence-corrected chi connectivity index (χ0v) is 17.8. The molecule has 0 radical (unpaired) electrons. The van der Waals surface area contributed by atoms with Gasteiger partial charge < -0.3 is 20.6 Å². The second-order valence-corrected chi connectivity index (χ2v) is 9.22. The molecule has 2 heterocycles. The lowest BCUT2D eigenvalue weighted by atomic mass is 9.92. The molecule has 1 saturated heterocycles. The van der Waals surface area contributed by atoms with Crippen molar-refractivity contribution in [1.82, 2.24) is 26.3 Å². The minimum atomic E-state index is -1.03. The van der Waals surface area contributed by atoms with Gasteiger partial charge in [-0.3, -0.25) is 25.7 Å². The molecule has 2 aromatic rings. The summed E-state index contributed by atoms with van der Waals surface area (Å²) in [5.41, 5.74) is 1.43. The fraction of sp³-hybridized carbons (Fsp3) is 0.565. The molecule has 32 heavy (non-hydrogen) atoms. The van der Waals surface area contributed by atoms with Crippen molar-refractivity contribution in [3.8, 4) is 0 Å². The van der Waals surface area contributed by atoms with Crippen LogP contribution in [0.5, 0.6) is 0 Å². The Kier molecular flexibility index (Phi) is 6.11. The molecule has 0 bridgehead atoms. The van der Waals surface area contributed by atoms with Crippen molar-refractivity contribution in [2.45, 2.75) is 68.3 Å². The molecule has 2 saturated carbocycles. The molecule has 3 aliphatic rings. The van der Waals surface area contributed by atoms with E-state index in [0.29, 0.717) is 18.2 Å². The Morgan fingerprint density at radius 3 is 2.59 bits per heavy atom. The Bertz CT molecular complexity index is 970. The third kappa shape index (κ3) is 4.12. The standard InChI is InChI=1S/C23H31N5O4/c29-11-13-10-17(20(31)19(13)30)26-21-18(16-9-8-12-4-1-2-7-15(12)25-16)22(32)28-23(27-21)24-14-5-3-6-14/h1-2,4,7-9,13-14,17-21,23-24,26-27,29-31H,3,5-6,10-11H2,(H,28,32)/t13-,17-,18?,19-,20+,21?,23?/m1/s1. The van der Waals surface area contributed by atoms with Crippen LogP contribution in [0, 0.1) is 5.92 Å². The number of rotatable bonds is 6. The molecule has 7 atom stereocenters. The van der Waals surface area contributed by atoms with E-state index in [1.54, 1.807) is 0 Å². The highest BCUT2D eigenvalue weighted by molar-refractivity contribution is 5.86. The molecule has 1 amide bonds. The van der Waals surface area contributed by atoms with Crippen LogP contribution in [-0.4, -0.2) is 69.6 Å². The lowest BCUT2D eigenvalue weighted by Gasteiger charge is -2.42. The summed E-state index contributed by atoms with van der Waals surface area (Å²) >= 11 is 0. The van der Waals surface area contributed by atoms with Gasteiger partial charge in [0.1, 0.15) is 12.2 Å². The SMILES string of the molecule is O=C1NC(NC2CCC2)NC(N[C@@H]2C[C@H](CO)[C@@H](O)[C@H]2O)C1c1ccc2ccccc2n1. The minimum Gasteiger partial charge on any atom is -0.396 e. The van der Waals surface area contributed by atoms with Gasteiger partial charge >= 0.3 is 0 Å². The first-order valence-electron chi connectivity index (χ1n) is 11.4. The zero-order valence-electron chi connectivity index (χ0n) is 17.8. The Labute approximate surface area is 186 Å². The van der Waals surface area contributed by atoms with E-state index < -0.39 is 42.5 Å². The van der Waals surface area contributed by atoms with E-state index in [4.69, 9.17) is 4.98 Å². The van der Waals surface area contributed by atoms with Crippen LogP contribution in [0.4, 0.5) is 0 Å². The van der Waals surface area contributed by atoms with Gasteiger partial charge in [0.25, 0.3) is 0 Å². The van der Waals surface area contributed by atoms with Crippen molar-refractivity contribution in [2.75, 3.05) is 6.61 Å². The topological polar surface area (TPSA) is 139 Å². The first-order valence-corrected chi connectivity index (χ1v) is 11.4. The number of benzene rings is 1. The second-order valence-electron chi connectivity index (χ2n) is 9.22. The Hall–Kier alpha value is -2.14. The van der Waals surface area contributed by atoms with Crippen LogP contribution in [-0.2, 0) is 4.79 Å². The van der Waals surface area contributed by atoms with E-state index in [9.17, 15) is 20.1 Å². The van der Waals surface area contributed by atoms with Crippen molar-refractivity contribution >= 4 is 16.8 Å². The maximum atomic E-state index is 13.3. The first-order chi connectivity index (χ1) is 15.5. The summed E-state index contributed by atoms with van der Waals surface area (Å²) in [5, 5.41) is 44.5. The predicted molar refractivity (Wildman–Crippen MR) is 118 cm³/mol. The third-order valence-corrected chi connectivity index (χ3v) is 7.12. The van der Waals surface area contributed by atoms with Gasteiger partial charge in [-0.05, 0) is 31.4 Å². The third-order valence-electron chi connectivity index (χ3n) is 7.12. The van der Waals surface area contributed by atoms with E-state index >= 15 is 0 Å². The van der Waals surface area contributed by atoms with E-state index in [-0.39, 0.29) is 12.5 Å². The second kappa shape index (κ2) is 9.01. The van der Waals surface area contributed by atoms with Gasteiger partial charge in [0.2, 0.25) is 5.91 Å². The van der Waals surface area contributed by atoms with Gasteiger partial charge in [-0.15, -0.1) is 0 Å². The minimum absolute atomic E-state index is 0.160. The number of carbonyl (C=O) groups is 1. The first kappa shape index (κ1) is 21.7. The molecule has 1 aromatic carbocycles. The maximum absolute atomic E-state index is 13.3. The van der Waals surface area contributed by atoms with Gasteiger partial charge in [0.15, 0.2) is 0 Å².